The molecule has 0 saturated carbocycles. The maximum absolute atomic E-state index is 12.6. The Morgan fingerprint density at radius 3 is 2.12 bits per heavy atom. The van der Waals surface area contributed by atoms with Gasteiger partial charge in [-0.05, 0) is 55.0 Å². The molecule has 42 heavy (non-hydrogen) atoms. The number of carbonyl (C=O) groups is 3. The number of ether oxygens (including phenoxy) is 5. The van der Waals surface area contributed by atoms with Crippen molar-refractivity contribution in [2.45, 2.75) is 6.92 Å². The Hall–Kier alpha value is -5.66. The second kappa shape index (κ2) is 14.6. The lowest BCUT2D eigenvalue weighted by Crippen LogP contribution is -2.34. The van der Waals surface area contributed by atoms with Crippen molar-refractivity contribution in [1.82, 2.24) is 10.7 Å². The number of amides is 2. The molecule has 0 saturated heterocycles. The number of nitro groups is 1. The van der Waals surface area contributed by atoms with Gasteiger partial charge in [-0.1, -0.05) is 0 Å². The quantitative estimate of drug-likeness (QED) is 0.100. The molecule has 0 heterocycles. The summed E-state index contributed by atoms with van der Waals surface area (Å²) in [4.78, 5) is 47.5. The molecule has 2 N–H and O–H groups in total. The third-order valence-electron chi connectivity index (χ3n) is 5.52. The number of rotatable bonds is 13. The van der Waals surface area contributed by atoms with Gasteiger partial charge in [-0.3, -0.25) is 19.7 Å². The van der Waals surface area contributed by atoms with E-state index in [2.05, 4.69) is 15.8 Å². The minimum absolute atomic E-state index is 0.119. The maximum Gasteiger partial charge on any atom is 0.343 e. The molecule has 3 aromatic carbocycles. The van der Waals surface area contributed by atoms with Crippen molar-refractivity contribution in [3.8, 4) is 28.7 Å². The summed E-state index contributed by atoms with van der Waals surface area (Å²) in [5, 5.41) is 17.2. The smallest absolute Gasteiger partial charge is 0.343 e. The second-order valence-corrected chi connectivity index (χ2v) is 8.22. The fourth-order valence-corrected chi connectivity index (χ4v) is 3.53. The average molecular weight is 581 g/mol. The first kappa shape index (κ1) is 30.9. The molecule has 220 valence electrons. The molecule has 0 aliphatic carbocycles. The minimum Gasteiger partial charge on any atom is -0.493 e. The Morgan fingerprint density at radius 1 is 0.881 bits per heavy atom. The molecule has 3 rings (SSSR count). The molecular formula is C28H28N4O10. The number of hydrogen-bond acceptors (Lipinski definition) is 11. The lowest BCUT2D eigenvalue weighted by atomic mass is 10.1. The monoisotopic (exact) mass is 580 g/mol. The van der Waals surface area contributed by atoms with Crippen molar-refractivity contribution in [3.05, 3.63) is 81.4 Å². The molecular weight excluding hydrogens is 552 g/mol. The van der Waals surface area contributed by atoms with E-state index in [1.54, 1.807) is 19.1 Å². The van der Waals surface area contributed by atoms with Crippen LogP contribution in [0.2, 0.25) is 0 Å². The van der Waals surface area contributed by atoms with Crippen LogP contribution in [0.15, 0.2) is 59.7 Å². The predicted molar refractivity (Wildman–Crippen MR) is 150 cm³/mol. The van der Waals surface area contributed by atoms with Crippen molar-refractivity contribution in [3.63, 3.8) is 0 Å². The molecule has 14 heteroatoms. The zero-order valence-electron chi connectivity index (χ0n) is 23.2. The van der Waals surface area contributed by atoms with Gasteiger partial charge in [-0.25, -0.2) is 10.2 Å². The molecule has 3 aromatic rings. The van der Waals surface area contributed by atoms with Gasteiger partial charge < -0.3 is 29.0 Å². The summed E-state index contributed by atoms with van der Waals surface area (Å²) < 4.78 is 26.7. The first-order valence-electron chi connectivity index (χ1n) is 12.3. The summed E-state index contributed by atoms with van der Waals surface area (Å²) in [6.07, 6.45) is 1.34. The van der Waals surface area contributed by atoms with Crippen LogP contribution in [0.4, 0.5) is 5.69 Å². The maximum atomic E-state index is 12.6. The van der Waals surface area contributed by atoms with Gasteiger partial charge in [0.15, 0.2) is 23.0 Å². The van der Waals surface area contributed by atoms with E-state index in [-0.39, 0.29) is 53.0 Å². The summed E-state index contributed by atoms with van der Waals surface area (Å²) in [5.41, 5.74) is 2.97. The van der Waals surface area contributed by atoms with E-state index in [1.807, 2.05) is 0 Å². The standard InChI is InChI=1S/C28H28N4O10/c1-5-41-22-12-17(6-11-21(22)42-28(35)18-7-9-20(10-8-18)32(36)37)15-30-31-25(33)16-29-27(34)19-13-23(38-2)26(40-4)24(14-19)39-3/h6-15H,5,16H2,1-4H3,(H,29,34)(H,31,33). The van der Waals surface area contributed by atoms with Crippen LogP contribution < -0.4 is 34.4 Å². The number of hydrazone groups is 1. The highest BCUT2D eigenvalue weighted by Gasteiger charge is 2.18. The van der Waals surface area contributed by atoms with Crippen LogP contribution in [0, 0.1) is 10.1 Å². The summed E-state index contributed by atoms with van der Waals surface area (Å²) in [7, 11) is 4.28. The number of non-ortho nitro benzene ring substituents is 1. The van der Waals surface area contributed by atoms with Crippen LogP contribution >= 0.6 is 0 Å². The number of methoxy groups -OCH3 is 3. The number of nitro benzene ring substituents is 1. The highest BCUT2D eigenvalue weighted by molar-refractivity contribution is 5.97. The molecule has 0 atom stereocenters. The molecule has 2 amide bonds. The molecule has 0 aliphatic rings. The van der Waals surface area contributed by atoms with Crippen LogP contribution in [-0.2, 0) is 4.79 Å². The van der Waals surface area contributed by atoms with Crippen molar-refractivity contribution in [2.75, 3.05) is 34.5 Å². The summed E-state index contributed by atoms with van der Waals surface area (Å²) in [6, 6.07) is 12.5. The number of hydrogen-bond donors (Lipinski definition) is 2. The fourth-order valence-electron chi connectivity index (χ4n) is 3.53. The largest absolute Gasteiger partial charge is 0.493 e. The van der Waals surface area contributed by atoms with Gasteiger partial charge in [0.05, 0.1) is 51.2 Å². The molecule has 0 aromatic heterocycles. The van der Waals surface area contributed by atoms with Gasteiger partial charge >= 0.3 is 5.97 Å². The summed E-state index contributed by atoms with van der Waals surface area (Å²) >= 11 is 0. The summed E-state index contributed by atoms with van der Waals surface area (Å²) in [5.74, 6) is -0.611. The van der Waals surface area contributed by atoms with E-state index < -0.39 is 22.7 Å². The Labute approximate surface area is 240 Å². The van der Waals surface area contributed by atoms with Crippen LogP contribution in [-0.4, -0.2) is 63.4 Å². The van der Waals surface area contributed by atoms with Crippen LogP contribution in [0.25, 0.3) is 0 Å². The number of nitrogens with one attached hydrogen (secondary N) is 2. The molecule has 0 unspecified atom stereocenters. The van der Waals surface area contributed by atoms with Gasteiger partial charge in [0.1, 0.15) is 0 Å². The van der Waals surface area contributed by atoms with Gasteiger partial charge in [-0.15, -0.1) is 0 Å². The molecule has 0 fully saturated rings. The first-order chi connectivity index (χ1) is 20.2. The van der Waals surface area contributed by atoms with E-state index >= 15 is 0 Å². The third-order valence-corrected chi connectivity index (χ3v) is 5.52. The first-order valence-corrected chi connectivity index (χ1v) is 12.3. The molecule has 14 nitrogen and oxygen atoms in total. The molecule has 0 spiro atoms. The average Bonchev–Trinajstić information content (AvgIpc) is 3.00. The minimum atomic E-state index is -0.729. The predicted octanol–water partition coefficient (Wildman–Crippen LogP) is 3.12. The molecule has 0 bridgehead atoms. The zero-order valence-corrected chi connectivity index (χ0v) is 23.2. The van der Waals surface area contributed by atoms with Crippen molar-refractivity contribution < 1.29 is 43.0 Å². The van der Waals surface area contributed by atoms with Crippen LogP contribution in [0.3, 0.4) is 0 Å². The third kappa shape index (κ3) is 7.94. The SMILES string of the molecule is CCOc1cc(C=NNC(=O)CNC(=O)c2cc(OC)c(OC)c(OC)c2)ccc1OC(=O)c1ccc([N+](=O)[O-])cc1. The number of carbonyl (C=O) groups excluding carboxylic acids is 3. The van der Waals surface area contributed by atoms with Crippen molar-refractivity contribution in [2.24, 2.45) is 5.10 Å². The van der Waals surface area contributed by atoms with E-state index in [9.17, 15) is 24.5 Å². The lowest BCUT2D eigenvalue weighted by Gasteiger charge is -2.14. The zero-order chi connectivity index (χ0) is 30.6. The van der Waals surface area contributed by atoms with Gasteiger partial charge in [0.2, 0.25) is 5.75 Å². The van der Waals surface area contributed by atoms with Crippen molar-refractivity contribution in [1.29, 1.82) is 0 Å². The van der Waals surface area contributed by atoms with Crippen LogP contribution in [0.5, 0.6) is 28.7 Å². The van der Waals surface area contributed by atoms with Gasteiger partial charge in [-0.2, -0.15) is 5.10 Å². The Kier molecular flexibility index (Phi) is 10.8. The Bertz CT molecular complexity index is 1460. The second-order valence-electron chi connectivity index (χ2n) is 8.22. The number of nitrogens with zero attached hydrogens (tertiary/aromatic N) is 2. The Morgan fingerprint density at radius 2 is 1.55 bits per heavy atom. The number of benzene rings is 3. The lowest BCUT2D eigenvalue weighted by molar-refractivity contribution is -0.384. The topological polar surface area (TPSA) is 177 Å². The van der Waals surface area contributed by atoms with Gasteiger partial charge in [0, 0.05) is 17.7 Å². The number of esters is 1. The molecule has 0 aliphatic heterocycles. The van der Waals surface area contributed by atoms with E-state index in [1.165, 1.54) is 70.0 Å². The van der Waals surface area contributed by atoms with Crippen molar-refractivity contribution >= 4 is 29.7 Å². The Balaban J connectivity index is 1.59. The summed E-state index contributed by atoms with van der Waals surface area (Å²) in [6.45, 7) is 1.65. The van der Waals surface area contributed by atoms with E-state index in [4.69, 9.17) is 23.7 Å². The van der Waals surface area contributed by atoms with Crippen LogP contribution in [0.1, 0.15) is 33.2 Å². The van der Waals surface area contributed by atoms with Gasteiger partial charge in [0.25, 0.3) is 17.5 Å². The van der Waals surface area contributed by atoms with E-state index in [0.29, 0.717) is 11.3 Å². The molecule has 0 radical (unpaired) electrons. The highest BCUT2D eigenvalue weighted by Crippen LogP contribution is 2.38. The highest BCUT2D eigenvalue weighted by atomic mass is 16.6. The fraction of sp³-hybridized carbons (Fsp3) is 0.214. The normalized spacial score (nSPS) is 10.5. The van der Waals surface area contributed by atoms with E-state index in [0.717, 1.165) is 0 Å².